The molecule has 21 heavy (non-hydrogen) atoms. The number of pyridine rings is 2. The van der Waals surface area contributed by atoms with Gasteiger partial charge < -0.3 is 4.74 Å². The number of fused-ring (bicyclic) bond motifs is 1. The lowest BCUT2D eigenvalue weighted by Crippen LogP contribution is -2.20. The maximum Gasteiger partial charge on any atom is 0.266 e. The minimum absolute atomic E-state index is 0.104. The first-order valence-electron chi connectivity index (χ1n) is 7.21. The maximum atomic E-state index is 12.7. The Balaban J connectivity index is 2.34. The third-order valence-corrected chi connectivity index (χ3v) is 4.39. The van der Waals surface area contributed by atoms with Crippen LogP contribution in [-0.4, -0.2) is 11.0 Å². The number of aryl methyl sites for hydroxylation is 1. The van der Waals surface area contributed by atoms with E-state index in [1.807, 2.05) is 19.9 Å². The zero-order valence-corrected chi connectivity index (χ0v) is 13.0. The van der Waals surface area contributed by atoms with Crippen molar-refractivity contribution in [2.45, 2.75) is 32.6 Å². The molecule has 0 N–H and O–H groups in total. The Labute approximate surface area is 128 Å². The molecular formula is C17H18ClNO2. The average molecular weight is 304 g/mol. The highest BCUT2D eigenvalue weighted by Gasteiger charge is 2.28. The van der Waals surface area contributed by atoms with E-state index in [0.29, 0.717) is 28.9 Å². The Morgan fingerprint density at radius 3 is 2.86 bits per heavy atom. The van der Waals surface area contributed by atoms with Crippen molar-refractivity contribution in [3.05, 3.63) is 57.0 Å². The summed E-state index contributed by atoms with van der Waals surface area (Å²) in [4.78, 5) is 12.7. The number of halogens is 1. The monoisotopic (exact) mass is 303 g/mol. The largest absolute Gasteiger partial charge is 0.494 e. The van der Waals surface area contributed by atoms with E-state index in [1.54, 1.807) is 16.7 Å². The molecule has 0 atom stereocenters. The van der Waals surface area contributed by atoms with Gasteiger partial charge in [-0.3, -0.25) is 9.20 Å². The molecular weight excluding hydrogens is 286 g/mol. The maximum absolute atomic E-state index is 12.7. The van der Waals surface area contributed by atoms with E-state index in [4.69, 9.17) is 16.3 Å². The smallest absolute Gasteiger partial charge is 0.266 e. The summed E-state index contributed by atoms with van der Waals surface area (Å²) in [5.41, 5.74) is 3.49. The number of hydrogen-bond acceptors (Lipinski definition) is 2. The Kier molecular flexibility index (Phi) is 3.54. The molecule has 2 aromatic heterocycles. The van der Waals surface area contributed by atoms with Gasteiger partial charge in [0, 0.05) is 11.2 Å². The van der Waals surface area contributed by atoms with E-state index in [2.05, 4.69) is 6.58 Å². The van der Waals surface area contributed by atoms with Gasteiger partial charge in [0.25, 0.3) is 5.56 Å². The van der Waals surface area contributed by atoms with E-state index >= 15 is 0 Å². The zero-order chi connectivity index (χ0) is 15.1. The van der Waals surface area contributed by atoms with Crippen LogP contribution in [0.5, 0.6) is 0 Å². The number of rotatable bonds is 4. The van der Waals surface area contributed by atoms with Gasteiger partial charge in [0.05, 0.1) is 17.7 Å². The van der Waals surface area contributed by atoms with Crippen molar-refractivity contribution < 1.29 is 4.74 Å². The van der Waals surface area contributed by atoms with Gasteiger partial charge in [-0.25, -0.2) is 0 Å². The van der Waals surface area contributed by atoms with Gasteiger partial charge in [0.15, 0.2) is 0 Å². The van der Waals surface area contributed by atoms with Crippen LogP contribution < -0.4 is 5.56 Å². The van der Waals surface area contributed by atoms with Gasteiger partial charge in [-0.2, -0.15) is 0 Å². The third-order valence-electron chi connectivity index (χ3n) is 3.98. The van der Waals surface area contributed by atoms with Gasteiger partial charge in [-0.1, -0.05) is 18.2 Å². The molecule has 1 fully saturated rings. The summed E-state index contributed by atoms with van der Waals surface area (Å²) < 4.78 is 7.11. The van der Waals surface area contributed by atoms with Gasteiger partial charge in [0.1, 0.15) is 5.76 Å². The van der Waals surface area contributed by atoms with E-state index in [0.717, 1.165) is 23.9 Å². The predicted molar refractivity (Wildman–Crippen MR) is 86.0 cm³/mol. The van der Waals surface area contributed by atoms with E-state index < -0.39 is 0 Å². The summed E-state index contributed by atoms with van der Waals surface area (Å²) in [7, 11) is 0. The SMILES string of the molecule is C=C(OCC)c1cc(C2CC2)c2c(C)c(Cl)ccn2c1=O. The molecule has 3 nitrogen and oxygen atoms in total. The van der Waals surface area contributed by atoms with Gasteiger partial charge >= 0.3 is 0 Å². The first-order chi connectivity index (χ1) is 10.0. The molecule has 0 unspecified atom stereocenters. The van der Waals surface area contributed by atoms with Crippen LogP contribution in [0.15, 0.2) is 29.7 Å². The van der Waals surface area contributed by atoms with E-state index in [1.165, 1.54) is 5.56 Å². The molecule has 0 aromatic carbocycles. The first kappa shape index (κ1) is 14.2. The second kappa shape index (κ2) is 5.23. The number of aromatic nitrogens is 1. The minimum atomic E-state index is -0.104. The summed E-state index contributed by atoms with van der Waals surface area (Å²) in [6, 6.07) is 3.70. The van der Waals surface area contributed by atoms with Crippen molar-refractivity contribution in [2.24, 2.45) is 0 Å². The fraction of sp³-hybridized carbons (Fsp3) is 0.353. The zero-order valence-electron chi connectivity index (χ0n) is 12.3. The van der Waals surface area contributed by atoms with Crippen molar-refractivity contribution in [2.75, 3.05) is 6.61 Å². The first-order valence-corrected chi connectivity index (χ1v) is 7.58. The molecule has 0 spiro atoms. The Hall–Kier alpha value is -1.74. The molecule has 1 saturated carbocycles. The topological polar surface area (TPSA) is 30.7 Å². The van der Waals surface area contributed by atoms with Crippen molar-refractivity contribution in [1.82, 2.24) is 4.40 Å². The highest BCUT2D eigenvalue weighted by Crippen LogP contribution is 2.43. The highest BCUT2D eigenvalue weighted by atomic mass is 35.5. The lowest BCUT2D eigenvalue weighted by molar-refractivity contribution is 0.298. The normalized spacial score (nSPS) is 14.4. The number of ether oxygens (including phenoxy) is 1. The van der Waals surface area contributed by atoms with Crippen LogP contribution in [0, 0.1) is 6.92 Å². The van der Waals surface area contributed by atoms with Crippen LogP contribution in [0.2, 0.25) is 5.02 Å². The molecule has 0 aliphatic heterocycles. The van der Waals surface area contributed by atoms with Crippen molar-refractivity contribution in [3.63, 3.8) is 0 Å². The number of nitrogens with zero attached hydrogens (tertiary/aromatic N) is 1. The lowest BCUT2D eigenvalue weighted by atomic mass is 10.0. The van der Waals surface area contributed by atoms with Crippen LogP contribution in [-0.2, 0) is 4.74 Å². The molecule has 2 aromatic rings. The minimum Gasteiger partial charge on any atom is -0.494 e. The standard InChI is InChI=1S/C17H18ClNO2/c1-4-21-11(3)13-9-14(12-5-6-12)16-10(2)15(18)7-8-19(16)17(13)20/h7-9,12H,3-6H2,1-2H3. The average Bonchev–Trinajstić information content (AvgIpc) is 3.28. The van der Waals surface area contributed by atoms with Crippen LogP contribution in [0.3, 0.4) is 0 Å². The summed E-state index contributed by atoms with van der Waals surface area (Å²) in [6.07, 6.45) is 4.04. The summed E-state index contributed by atoms with van der Waals surface area (Å²) in [6.45, 7) is 8.22. The van der Waals surface area contributed by atoms with Crippen LogP contribution in [0.25, 0.3) is 11.3 Å². The van der Waals surface area contributed by atoms with Crippen LogP contribution >= 0.6 is 11.6 Å². The highest BCUT2D eigenvalue weighted by molar-refractivity contribution is 6.31. The molecule has 3 rings (SSSR count). The molecule has 1 aliphatic carbocycles. The molecule has 110 valence electrons. The molecule has 0 bridgehead atoms. The van der Waals surface area contributed by atoms with E-state index in [-0.39, 0.29) is 5.56 Å². The summed E-state index contributed by atoms with van der Waals surface area (Å²) in [5.74, 6) is 0.942. The molecule has 0 amide bonds. The fourth-order valence-corrected chi connectivity index (χ4v) is 2.88. The molecule has 2 heterocycles. The van der Waals surface area contributed by atoms with Gasteiger partial charge in [-0.05, 0) is 55.9 Å². The Bertz CT molecular complexity index is 787. The Morgan fingerprint density at radius 1 is 1.52 bits per heavy atom. The third kappa shape index (κ3) is 2.36. The molecule has 0 radical (unpaired) electrons. The van der Waals surface area contributed by atoms with E-state index in [9.17, 15) is 4.79 Å². The predicted octanol–water partition coefficient (Wildman–Crippen LogP) is 4.15. The van der Waals surface area contributed by atoms with Gasteiger partial charge in [0.2, 0.25) is 0 Å². The quantitative estimate of drug-likeness (QED) is 0.795. The molecule has 0 saturated heterocycles. The summed E-state index contributed by atoms with van der Waals surface area (Å²) in [5, 5.41) is 0.688. The molecule has 1 aliphatic rings. The van der Waals surface area contributed by atoms with Crippen molar-refractivity contribution in [1.29, 1.82) is 0 Å². The number of hydrogen-bond donors (Lipinski definition) is 0. The van der Waals surface area contributed by atoms with Crippen LogP contribution in [0.1, 0.15) is 42.4 Å². The Morgan fingerprint density at radius 2 is 2.24 bits per heavy atom. The lowest BCUT2D eigenvalue weighted by Gasteiger charge is -2.15. The second-order valence-corrected chi connectivity index (χ2v) is 5.86. The van der Waals surface area contributed by atoms with Crippen molar-refractivity contribution in [3.8, 4) is 0 Å². The molecule has 4 heteroatoms. The van der Waals surface area contributed by atoms with Crippen molar-refractivity contribution >= 4 is 22.9 Å². The van der Waals surface area contributed by atoms with Crippen LogP contribution in [0.4, 0.5) is 0 Å². The summed E-state index contributed by atoms with van der Waals surface area (Å²) >= 11 is 6.23. The second-order valence-electron chi connectivity index (χ2n) is 5.46. The fourth-order valence-electron chi connectivity index (χ4n) is 2.73. The van der Waals surface area contributed by atoms with Gasteiger partial charge in [-0.15, -0.1) is 0 Å².